The van der Waals surface area contributed by atoms with E-state index in [9.17, 15) is 13.2 Å². The molecule has 0 radical (unpaired) electrons. The van der Waals surface area contributed by atoms with Crippen LogP contribution in [0.3, 0.4) is 0 Å². The number of carbonyl (C=O) groups excluding carboxylic acids is 1. The van der Waals surface area contributed by atoms with Gasteiger partial charge in [-0.2, -0.15) is 17.7 Å². The zero-order valence-electron chi connectivity index (χ0n) is 16.8. The predicted molar refractivity (Wildman–Crippen MR) is 108 cm³/mol. The van der Waals surface area contributed by atoms with E-state index in [0.717, 1.165) is 23.1 Å². The Morgan fingerprint density at radius 1 is 1.24 bits per heavy atom. The summed E-state index contributed by atoms with van der Waals surface area (Å²) in [5.41, 5.74) is 2.84. The van der Waals surface area contributed by atoms with E-state index in [1.165, 1.54) is 4.31 Å². The minimum atomic E-state index is -3.98. The van der Waals surface area contributed by atoms with E-state index < -0.39 is 16.1 Å². The Morgan fingerprint density at radius 2 is 2.03 bits per heavy atom. The largest absolute Gasteiger partial charge is 0.431 e. The summed E-state index contributed by atoms with van der Waals surface area (Å²) in [5.74, 6) is -0.570. The van der Waals surface area contributed by atoms with E-state index in [1.54, 1.807) is 0 Å². The zero-order valence-corrected chi connectivity index (χ0v) is 17.6. The highest BCUT2D eigenvalue weighted by Gasteiger charge is 2.27. The van der Waals surface area contributed by atoms with Crippen LogP contribution in [0, 0.1) is 6.92 Å². The van der Waals surface area contributed by atoms with E-state index in [0.29, 0.717) is 26.2 Å². The third-order valence-electron chi connectivity index (χ3n) is 4.55. The quantitative estimate of drug-likeness (QED) is 0.735. The topological polar surface area (TPSA) is 114 Å². The smallest absolute Gasteiger partial charge is 0.304 e. The Kier molecular flexibility index (Phi) is 6.56. The van der Waals surface area contributed by atoms with Crippen molar-refractivity contribution in [2.75, 3.05) is 31.6 Å². The van der Waals surface area contributed by atoms with Crippen LogP contribution < -0.4 is 10.0 Å². The third kappa shape index (κ3) is 5.34. The van der Waals surface area contributed by atoms with Crippen molar-refractivity contribution in [1.29, 1.82) is 0 Å². The standard InChI is InChI=1S/C19H26N4O5S/c1-13(2)15-6-5-14(3)11-16(15)20-19-21-17(12-28-19)18(24)22-29(25,26)23-7-4-9-27-10-8-23/h5-6,11-13H,4,7-10H2,1-3H3,(H,20,21)(H,22,24). The molecule has 10 heteroatoms. The summed E-state index contributed by atoms with van der Waals surface area (Å²) < 4.78 is 38.7. The Morgan fingerprint density at radius 3 is 2.79 bits per heavy atom. The zero-order chi connectivity index (χ0) is 21.0. The maximum atomic E-state index is 12.4. The number of amides is 1. The number of benzene rings is 1. The first-order valence-electron chi connectivity index (χ1n) is 9.49. The Labute approximate surface area is 170 Å². The van der Waals surface area contributed by atoms with Gasteiger partial charge < -0.3 is 14.5 Å². The SMILES string of the molecule is Cc1ccc(C(C)C)c(Nc2nc(C(=O)NS(=O)(=O)N3CCCOCC3)co2)c1. The van der Waals surface area contributed by atoms with Crippen LogP contribution in [0.1, 0.15) is 47.8 Å². The average Bonchev–Trinajstić information content (AvgIpc) is 2.93. The van der Waals surface area contributed by atoms with E-state index in [2.05, 4.69) is 24.1 Å². The molecule has 0 atom stereocenters. The molecule has 1 aromatic carbocycles. The van der Waals surface area contributed by atoms with Crippen molar-refractivity contribution in [3.63, 3.8) is 0 Å². The van der Waals surface area contributed by atoms with Crippen LogP contribution >= 0.6 is 0 Å². The van der Waals surface area contributed by atoms with Crippen LogP contribution in [-0.2, 0) is 14.9 Å². The van der Waals surface area contributed by atoms with Gasteiger partial charge in [0.25, 0.3) is 11.9 Å². The lowest BCUT2D eigenvalue weighted by Crippen LogP contribution is -2.44. The van der Waals surface area contributed by atoms with Gasteiger partial charge in [-0.1, -0.05) is 26.0 Å². The second-order valence-corrected chi connectivity index (χ2v) is 8.88. The molecule has 0 saturated carbocycles. The Bertz CT molecular complexity index is 963. The number of aryl methyl sites for hydroxylation is 1. The number of nitrogens with zero attached hydrogens (tertiary/aromatic N) is 2. The van der Waals surface area contributed by atoms with Crippen molar-refractivity contribution in [2.45, 2.75) is 33.1 Å². The van der Waals surface area contributed by atoms with Gasteiger partial charge in [0.1, 0.15) is 6.26 Å². The van der Waals surface area contributed by atoms with Gasteiger partial charge in [0.05, 0.1) is 6.61 Å². The lowest BCUT2D eigenvalue weighted by Gasteiger charge is -2.18. The minimum absolute atomic E-state index is 0.114. The summed E-state index contributed by atoms with van der Waals surface area (Å²) in [6.45, 7) is 7.39. The maximum Gasteiger partial charge on any atom is 0.304 e. The van der Waals surface area contributed by atoms with Gasteiger partial charge in [0.15, 0.2) is 5.69 Å². The summed E-state index contributed by atoms with van der Waals surface area (Å²) in [6.07, 6.45) is 1.70. The van der Waals surface area contributed by atoms with Crippen molar-refractivity contribution in [2.24, 2.45) is 0 Å². The molecule has 2 N–H and O–H groups in total. The summed E-state index contributed by atoms with van der Waals surface area (Å²) >= 11 is 0. The van der Waals surface area contributed by atoms with Crippen LogP contribution in [0.5, 0.6) is 0 Å². The molecule has 1 amide bonds. The molecule has 2 heterocycles. The van der Waals surface area contributed by atoms with Gasteiger partial charge in [0, 0.05) is 25.4 Å². The van der Waals surface area contributed by atoms with Crippen molar-refractivity contribution in [1.82, 2.24) is 14.0 Å². The average molecular weight is 423 g/mol. The molecule has 0 bridgehead atoms. The van der Waals surface area contributed by atoms with Gasteiger partial charge >= 0.3 is 10.2 Å². The number of oxazole rings is 1. The van der Waals surface area contributed by atoms with Crippen molar-refractivity contribution < 1.29 is 22.4 Å². The molecule has 9 nitrogen and oxygen atoms in total. The molecule has 2 aromatic rings. The molecule has 1 aromatic heterocycles. The van der Waals surface area contributed by atoms with Gasteiger partial charge in [-0.15, -0.1) is 0 Å². The summed E-state index contributed by atoms with van der Waals surface area (Å²) in [4.78, 5) is 16.5. The fraction of sp³-hybridized carbons (Fsp3) is 0.474. The molecule has 1 saturated heterocycles. The van der Waals surface area contributed by atoms with E-state index in [4.69, 9.17) is 9.15 Å². The summed E-state index contributed by atoms with van der Waals surface area (Å²) in [7, 11) is -3.98. The number of hydrogen-bond donors (Lipinski definition) is 2. The molecular weight excluding hydrogens is 396 g/mol. The first kappa shape index (κ1) is 21.3. The molecule has 1 fully saturated rings. The maximum absolute atomic E-state index is 12.4. The molecule has 3 rings (SSSR count). The number of aromatic nitrogens is 1. The third-order valence-corrected chi connectivity index (χ3v) is 6.04. The molecule has 29 heavy (non-hydrogen) atoms. The normalized spacial score (nSPS) is 15.9. The lowest BCUT2D eigenvalue weighted by molar-refractivity contribution is 0.0973. The van der Waals surface area contributed by atoms with E-state index in [-0.39, 0.29) is 24.2 Å². The monoisotopic (exact) mass is 422 g/mol. The fourth-order valence-electron chi connectivity index (χ4n) is 3.03. The fourth-order valence-corrected chi connectivity index (χ4v) is 4.18. The number of ether oxygens (including phenoxy) is 1. The summed E-state index contributed by atoms with van der Waals surface area (Å²) in [5, 5.41) is 3.07. The van der Waals surface area contributed by atoms with Crippen molar-refractivity contribution >= 4 is 27.8 Å². The highest BCUT2D eigenvalue weighted by Crippen LogP contribution is 2.28. The molecule has 1 aliphatic rings. The predicted octanol–water partition coefficient (Wildman–Crippen LogP) is 2.55. The van der Waals surface area contributed by atoms with E-state index >= 15 is 0 Å². The molecule has 1 aliphatic heterocycles. The highest BCUT2D eigenvalue weighted by molar-refractivity contribution is 7.87. The Balaban J connectivity index is 1.71. The van der Waals surface area contributed by atoms with Gasteiger partial charge in [-0.05, 0) is 36.5 Å². The second kappa shape index (κ2) is 8.93. The highest BCUT2D eigenvalue weighted by atomic mass is 32.2. The minimum Gasteiger partial charge on any atom is -0.431 e. The van der Waals surface area contributed by atoms with Crippen LogP contribution in [0.25, 0.3) is 0 Å². The number of rotatable bonds is 6. The first-order valence-corrected chi connectivity index (χ1v) is 10.9. The van der Waals surface area contributed by atoms with E-state index in [1.807, 2.05) is 29.8 Å². The van der Waals surface area contributed by atoms with Crippen LogP contribution in [0.2, 0.25) is 0 Å². The first-order chi connectivity index (χ1) is 13.8. The second-order valence-electron chi connectivity index (χ2n) is 7.21. The number of anilines is 2. The van der Waals surface area contributed by atoms with Gasteiger partial charge in [-0.25, -0.2) is 4.72 Å². The van der Waals surface area contributed by atoms with Gasteiger partial charge in [-0.3, -0.25) is 4.79 Å². The molecule has 0 unspecified atom stereocenters. The molecule has 0 aliphatic carbocycles. The van der Waals surface area contributed by atoms with Crippen molar-refractivity contribution in [3.8, 4) is 0 Å². The number of hydrogen-bond acceptors (Lipinski definition) is 7. The van der Waals surface area contributed by atoms with Crippen LogP contribution in [0.15, 0.2) is 28.9 Å². The molecule has 0 spiro atoms. The lowest BCUT2D eigenvalue weighted by atomic mass is 9.99. The number of nitrogens with one attached hydrogen (secondary N) is 2. The van der Waals surface area contributed by atoms with Crippen LogP contribution in [-0.4, -0.2) is 49.9 Å². The number of carbonyl (C=O) groups is 1. The molecular formula is C19H26N4O5S. The Hall–Kier alpha value is -2.43. The molecule has 158 valence electrons. The summed E-state index contributed by atoms with van der Waals surface area (Å²) in [6, 6.07) is 6.12. The van der Waals surface area contributed by atoms with Gasteiger partial charge in [0.2, 0.25) is 0 Å². The van der Waals surface area contributed by atoms with Crippen molar-refractivity contribution in [3.05, 3.63) is 41.3 Å². The van der Waals surface area contributed by atoms with Crippen LogP contribution in [0.4, 0.5) is 11.7 Å².